The zero-order valence-electron chi connectivity index (χ0n) is 13.3. The average molecular weight is 317 g/mol. The van der Waals surface area contributed by atoms with Gasteiger partial charge in [0.15, 0.2) is 0 Å². The van der Waals surface area contributed by atoms with Crippen molar-refractivity contribution in [3.63, 3.8) is 0 Å². The molecule has 7 nitrogen and oxygen atoms in total. The highest BCUT2D eigenvalue weighted by molar-refractivity contribution is 5.76. The second-order valence-electron chi connectivity index (χ2n) is 5.27. The van der Waals surface area contributed by atoms with Crippen LogP contribution in [0.3, 0.4) is 0 Å². The van der Waals surface area contributed by atoms with Gasteiger partial charge in [-0.15, -0.1) is 0 Å². The van der Waals surface area contributed by atoms with Gasteiger partial charge in [-0.25, -0.2) is 0 Å². The SMILES string of the molecule is CCCCCCCCCOC(=O)CN(CC(=O)O)CC(=O)O. The van der Waals surface area contributed by atoms with Crippen molar-refractivity contribution in [2.45, 2.75) is 51.9 Å². The number of ether oxygens (including phenoxy) is 1. The number of hydrogen-bond acceptors (Lipinski definition) is 5. The molecule has 128 valence electrons. The van der Waals surface area contributed by atoms with Crippen molar-refractivity contribution < 1.29 is 29.3 Å². The van der Waals surface area contributed by atoms with Crippen LogP contribution in [0.5, 0.6) is 0 Å². The Morgan fingerprint density at radius 3 is 1.82 bits per heavy atom. The summed E-state index contributed by atoms with van der Waals surface area (Å²) < 4.78 is 5.00. The summed E-state index contributed by atoms with van der Waals surface area (Å²) in [5.41, 5.74) is 0. The van der Waals surface area contributed by atoms with E-state index in [0.717, 1.165) is 24.2 Å². The highest BCUT2D eigenvalue weighted by atomic mass is 16.5. The van der Waals surface area contributed by atoms with Crippen molar-refractivity contribution in [3.05, 3.63) is 0 Å². The summed E-state index contributed by atoms with van der Waals surface area (Å²) in [6.45, 7) is 1.13. The van der Waals surface area contributed by atoms with Gasteiger partial charge in [0.05, 0.1) is 26.2 Å². The van der Waals surface area contributed by atoms with Gasteiger partial charge in [-0.1, -0.05) is 45.4 Å². The predicted octanol–water partition coefficient (Wildman–Crippen LogP) is 1.75. The van der Waals surface area contributed by atoms with Gasteiger partial charge in [0, 0.05) is 0 Å². The number of esters is 1. The fraction of sp³-hybridized carbons (Fsp3) is 0.800. The van der Waals surface area contributed by atoms with Gasteiger partial charge < -0.3 is 14.9 Å². The number of hydrogen-bond donors (Lipinski definition) is 2. The van der Waals surface area contributed by atoms with Crippen LogP contribution < -0.4 is 0 Å². The largest absolute Gasteiger partial charge is 0.480 e. The Kier molecular flexibility index (Phi) is 12.1. The molecule has 0 saturated carbocycles. The Balaban J connectivity index is 3.76. The zero-order valence-corrected chi connectivity index (χ0v) is 13.3. The molecule has 0 bridgehead atoms. The monoisotopic (exact) mass is 317 g/mol. The summed E-state index contributed by atoms with van der Waals surface area (Å²) in [6, 6.07) is 0. The van der Waals surface area contributed by atoms with E-state index in [4.69, 9.17) is 14.9 Å². The molecule has 0 saturated heterocycles. The molecular formula is C15H27NO6. The standard InChI is InChI=1S/C15H27NO6/c1-2-3-4-5-6-7-8-9-22-15(21)12-16(10-13(17)18)11-14(19)20/h2-12H2,1H3,(H,17,18)(H,19,20). The molecule has 0 spiro atoms. The first-order valence-corrected chi connectivity index (χ1v) is 7.77. The summed E-state index contributed by atoms with van der Waals surface area (Å²) in [7, 11) is 0. The molecule has 0 aliphatic heterocycles. The van der Waals surface area contributed by atoms with Gasteiger partial charge >= 0.3 is 17.9 Å². The molecule has 0 atom stereocenters. The number of aliphatic carboxylic acids is 2. The molecular weight excluding hydrogens is 290 g/mol. The van der Waals surface area contributed by atoms with Crippen LogP contribution in [-0.4, -0.2) is 59.3 Å². The maximum Gasteiger partial charge on any atom is 0.320 e. The smallest absolute Gasteiger partial charge is 0.320 e. The molecule has 0 aromatic rings. The van der Waals surface area contributed by atoms with E-state index in [1.165, 1.54) is 25.7 Å². The minimum absolute atomic E-state index is 0.292. The van der Waals surface area contributed by atoms with E-state index in [1.807, 2.05) is 0 Å². The van der Waals surface area contributed by atoms with Crippen molar-refractivity contribution in [1.82, 2.24) is 4.90 Å². The highest BCUT2D eigenvalue weighted by Crippen LogP contribution is 2.06. The van der Waals surface area contributed by atoms with Gasteiger partial charge in [-0.2, -0.15) is 0 Å². The van der Waals surface area contributed by atoms with Crippen molar-refractivity contribution in [2.24, 2.45) is 0 Å². The van der Waals surface area contributed by atoms with Crippen LogP contribution in [0, 0.1) is 0 Å². The number of unbranched alkanes of at least 4 members (excludes halogenated alkanes) is 6. The van der Waals surface area contributed by atoms with E-state index in [1.54, 1.807) is 0 Å². The number of carboxylic acid groups (broad SMARTS) is 2. The molecule has 22 heavy (non-hydrogen) atoms. The van der Waals surface area contributed by atoms with E-state index >= 15 is 0 Å². The maximum atomic E-state index is 11.5. The van der Waals surface area contributed by atoms with E-state index in [0.29, 0.717) is 6.61 Å². The fourth-order valence-corrected chi connectivity index (χ4v) is 2.02. The topological polar surface area (TPSA) is 104 Å². The number of rotatable bonds is 14. The lowest BCUT2D eigenvalue weighted by atomic mass is 10.1. The Morgan fingerprint density at radius 2 is 1.32 bits per heavy atom. The van der Waals surface area contributed by atoms with Crippen LogP contribution in [0.25, 0.3) is 0 Å². The summed E-state index contributed by atoms with van der Waals surface area (Å²) in [5.74, 6) is -2.95. The predicted molar refractivity (Wildman–Crippen MR) is 80.7 cm³/mol. The van der Waals surface area contributed by atoms with Crippen LogP contribution >= 0.6 is 0 Å². The third kappa shape index (κ3) is 13.4. The van der Waals surface area contributed by atoms with Gasteiger partial charge in [-0.3, -0.25) is 19.3 Å². The van der Waals surface area contributed by atoms with Gasteiger partial charge in [-0.05, 0) is 6.42 Å². The van der Waals surface area contributed by atoms with E-state index < -0.39 is 31.0 Å². The molecule has 7 heteroatoms. The lowest BCUT2D eigenvalue weighted by molar-refractivity contribution is -0.148. The summed E-state index contributed by atoms with van der Waals surface area (Å²) in [4.78, 5) is 33.8. The highest BCUT2D eigenvalue weighted by Gasteiger charge is 2.17. The van der Waals surface area contributed by atoms with Crippen molar-refractivity contribution in [2.75, 3.05) is 26.2 Å². The zero-order chi connectivity index (χ0) is 16.8. The van der Waals surface area contributed by atoms with E-state index in [-0.39, 0.29) is 6.54 Å². The van der Waals surface area contributed by atoms with Crippen LogP contribution in [-0.2, 0) is 19.1 Å². The molecule has 0 aromatic heterocycles. The Hall–Kier alpha value is -1.63. The van der Waals surface area contributed by atoms with Crippen LogP contribution in [0.2, 0.25) is 0 Å². The molecule has 0 aromatic carbocycles. The molecule has 0 unspecified atom stereocenters. The molecule has 0 radical (unpaired) electrons. The lowest BCUT2D eigenvalue weighted by Gasteiger charge is -2.16. The minimum Gasteiger partial charge on any atom is -0.480 e. The summed E-state index contributed by atoms with van der Waals surface area (Å²) in [6.07, 6.45) is 7.75. The Bertz CT molecular complexity index is 329. The number of carboxylic acids is 2. The number of nitrogens with zero attached hydrogens (tertiary/aromatic N) is 1. The summed E-state index contributed by atoms with van der Waals surface area (Å²) >= 11 is 0. The third-order valence-electron chi connectivity index (χ3n) is 3.08. The Morgan fingerprint density at radius 1 is 0.818 bits per heavy atom. The van der Waals surface area contributed by atoms with Crippen molar-refractivity contribution in [3.8, 4) is 0 Å². The van der Waals surface area contributed by atoms with Crippen molar-refractivity contribution in [1.29, 1.82) is 0 Å². The molecule has 0 aliphatic carbocycles. The normalized spacial score (nSPS) is 10.6. The van der Waals surface area contributed by atoms with Gasteiger partial charge in [0.2, 0.25) is 0 Å². The quantitative estimate of drug-likeness (QED) is 0.371. The van der Waals surface area contributed by atoms with E-state index in [2.05, 4.69) is 6.92 Å². The molecule has 2 N–H and O–H groups in total. The number of carbonyl (C=O) groups excluding carboxylic acids is 1. The second kappa shape index (κ2) is 13.1. The first-order valence-electron chi connectivity index (χ1n) is 7.77. The van der Waals surface area contributed by atoms with E-state index in [9.17, 15) is 14.4 Å². The molecule has 0 rings (SSSR count). The Labute approximate surface area is 131 Å². The third-order valence-corrected chi connectivity index (χ3v) is 3.08. The first-order chi connectivity index (χ1) is 10.5. The molecule has 0 fully saturated rings. The fourth-order valence-electron chi connectivity index (χ4n) is 2.02. The van der Waals surface area contributed by atoms with Crippen LogP contribution in [0.4, 0.5) is 0 Å². The second-order valence-corrected chi connectivity index (χ2v) is 5.27. The molecule has 0 amide bonds. The molecule has 0 heterocycles. The van der Waals surface area contributed by atoms with Crippen LogP contribution in [0.1, 0.15) is 51.9 Å². The average Bonchev–Trinajstić information content (AvgIpc) is 2.40. The van der Waals surface area contributed by atoms with Gasteiger partial charge in [0.25, 0.3) is 0 Å². The minimum atomic E-state index is -1.18. The maximum absolute atomic E-state index is 11.5. The molecule has 0 aliphatic rings. The first kappa shape index (κ1) is 20.4. The van der Waals surface area contributed by atoms with Crippen LogP contribution in [0.15, 0.2) is 0 Å². The summed E-state index contributed by atoms with van der Waals surface area (Å²) in [5, 5.41) is 17.3. The van der Waals surface area contributed by atoms with Crippen molar-refractivity contribution >= 4 is 17.9 Å². The number of carbonyl (C=O) groups is 3. The lowest BCUT2D eigenvalue weighted by Crippen LogP contribution is -2.38. The van der Waals surface area contributed by atoms with Gasteiger partial charge in [0.1, 0.15) is 0 Å².